The third-order valence-corrected chi connectivity index (χ3v) is 5.11. The number of hydrogen-bond donors (Lipinski definition) is 1. The summed E-state index contributed by atoms with van der Waals surface area (Å²) in [4.78, 5) is 0. The van der Waals surface area contributed by atoms with Crippen LogP contribution in [0.25, 0.3) is 0 Å². The second-order valence-electron chi connectivity index (χ2n) is 6.95. The van der Waals surface area contributed by atoms with E-state index in [0.717, 1.165) is 12.8 Å². The Bertz CT molecular complexity index is 436. The molecule has 2 N–H and O–H groups in total. The van der Waals surface area contributed by atoms with E-state index in [0.29, 0.717) is 0 Å². The number of aryl methyl sites for hydroxylation is 3. The van der Waals surface area contributed by atoms with Gasteiger partial charge in [-0.2, -0.15) is 0 Å². The van der Waals surface area contributed by atoms with Crippen molar-refractivity contribution in [2.75, 3.05) is 0 Å². The Morgan fingerprint density at radius 2 is 1.61 bits per heavy atom. The van der Waals surface area contributed by atoms with Crippen LogP contribution in [0, 0.1) is 26.2 Å². The summed E-state index contributed by atoms with van der Waals surface area (Å²) in [5, 5.41) is 0. The predicted molar refractivity (Wildman–Crippen MR) is 78.9 cm³/mol. The van der Waals surface area contributed by atoms with Gasteiger partial charge in [-0.05, 0) is 62.1 Å². The highest BCUT2D eigenvalue weighted by atomic mass is 14.8. The van der Waals surface area contributed by atoms with Crippen molar-refractivity contribution in [3.8, 4) is 0 Å². The van der Waals surface area contributed by atoms with Gasteiger partial charge in [-0.1, -0.05) is 38.0 Å². The quantitative estimate of drug-likeness (QED) is 0.835. The number of benzene rings is 1. The Kier molecular flexibility index (Phi) is 3.31. The summed E-state index contributed by atoms with van der Waals surface area (Å²) >= 11 is 0. The molecule has 1 heteroatoms. The standard InChI is InChI=1S/C17H27N/c1-12-9-13(2)15(14(3)10-12)11-17(18)8-6-7-16(17,4)5/h9-10H,6-8,11,18H2,1-5H3. The highest BCUT2D eigenvalue weighted by Gasteiger charge is 2.45. The lowest BCUT2D eigenvalue weighted by molar-refractivity contribution is 0.206. The highest BCUT2D eigenvalue weighted by molar-refractivity contribution is 5.39. The van der Waals surface area contributed by atoms with Crippen LogP contribution < -0.4 is 5.73 Å². The first-order chi connectivity index (χ1) is 8.25. The summed E-state index contributed by atoms with van der Waals surface area (Å²) in [5.74, 6) is 0. The molecule has 0 amide bonds. The summed E-state index contributed by atoms with van der Waals surface area (Å²) in [6.45, 7) is 11.3. The molecule has 0 saturated heterocycles. The highest BCUT2D eigenvalue weighted by Crippen LogP contribution is 2.46. The van der Waals surface area contributed by atoms with Crippen LogP contribution in [0.2, 0.25) is 0 Å². The molecule has 1 aromatic rings. The maximum atomic E-state index is 6.74. The average molecular weight is 245 g/mol. The van der Waals surface area contributed by atoms with Crippen molar-refractivity contribution in [3.63, 3.8) is 0 Å². The smallest absolute Gasteiger partial charge is 0.0247 e. The summed E-state index contributed by atoms with van der Waals surface area (Å²) in [7, 11) is 0. The minimum Gasteiger partial charge on any atom is -0.324 e. The van der Waals surface area contributed by atoms with Crippen molar-refractivity contribution in [3.05, 3.63) is 34.4 Å². The maximum absolute atomic E-state index is 6.74. The SMILES string of the molecule is Cc1cc(C)c(CC2(N)CCCC2(C)C)c(C)c1. The van der Waals surface area contributed by atoms with Crippen LogP contribution in [0.3, 0.4) is 0 Å². The minimum atomic E-state index is -0.0300. The summed E-state index contributed by atoms with van der Waals surface area (Å²) in [6.07, 6.45) is 4.71. The van der Waals surface area contributed by atoms with Gasteiger partial charge in [0.15, 0.2) is 0 Å². The van der Waals surface area contributed by atoms with Gasteiger partial charge in [0.25, 0.3) is 0 Å². The molecule has 1 saturated carbocycles. The molecule has 0 radical (unpaired) electrons. The Labute approximate surface area is 112 Å². The molecule has 1 aliphatic carbocycles. The fraction of sp³-hybridized carbons (Fsp3) is 0.647. The fourth-order valence-electron chi connectivity index (χ4n) is 3.56. The Morgan fingerprint density at radius 1 is 1.06 bits per heavy atom. The molecule has 1 aliphatic rings. The zero-order chi connectivity index (χ0) is 13.6. The van der Waals surface area contributed by atoms with Crippen LogP contribution in [-0.2, 0) is 6.42 Å². The van der Waals surface area contributed by atoms with E-state index in [1.807, 2.05) is 0 Å². The van der Waals surface area contributed by atoms with Crippen LogP contribution in [-0.4, -0.2) is 5.54 Å². The largest absolute Gasteiger partial charge is 0.324 e. The number of rotatable bonds is 2. The monoisotopic (exact) mass is 245 g/mol. The Hall–Kier alpha value is -0.820. The second kappa shape index (κ2) is 4.38. The second-order valence-corrected chi connectivity index (χ2v) is 6.95. The van der Waals surface area contributed by atoms with E-state index >= 15 is 0 Å². The summed E-state index contributed by atoms with van der Waals surface area (Å²) in [5.41, 5.74) is 12.6. The molecule has 2 rings (SSSR count). The van der Waals surface area contributed by atoms with E-state index in [2.05, 4.69) is 46.8 Å². The molecule has 100 valence electrons. The molecule has 1 fully saturated rings. The zero-order valence-electron chi connectivity index (χ0n) is 12.6. The van der Waals surface area contributed by atoms with Gasteiger partial charge in [0.2, 0.25) is 0 Å². The molecule has 0 spiro atoms. The minimum absolute atomic E-state index is 0.0300. The normalized spacial score (nSPS) is 26.6. The Morgan fingerprint density at radius 3 is 2.06 bits per heavy atom. The van der Waals surface area contributed by atoms with E-state index in [1.165, 1.54) is 35.1 Å². The topological polar surface area (TPSA) is 26.0 Å². The summed E-state index contributed by atoms with van der Waals surface area (Å²) in [6, 6.07) is 4.57. The third-order valence-electron chi connectivity index (χ3n) is 5.11. The van der Waals surface area contributed by atoms with Crippen molar-refractivity contribution >= 4 is 0 Å². The molecule has 1 aromatic carbocycles. The van der Waals surface area contributed by atoms with Crippen molar-refractivity contribution < 1.29 is 0 Å². The molecule has 1 unspecified atom stereocenters. The van der Waals surface area contributed by atoms with Gasteiger partial charge in [0.05, 0.1) is 0 Å². The van der Waals surface area contributed by atoms with Gasteiger partial charge in [-0.3, -0.25) is 0 Å². The van der Waals surface area contributed by atoms with Gasteiger partial charge in [-0.15, -0.1) is 0 Å². The van der Waals surface area contributed by atoms with Gasteiger partial charge >= 0.3 is 0 Å². The van der Waals surface area contributed by atoms with Gasteiger partial charge < -0.3 is 5.73 Å². The first-order valence-electron chi connectivity index (χ1n) is 7.11. The molecular weight excluding hydrogens is 218 g/mol. The van der Waals surface area contributed by atoms with Crippen LogP contribution in [0.5, 0.6) is 0 Å². The van der Waals surface area contributed by atoms with Crippen LogP contribution in [0.15, 0.2) is 12.1 Å². The predicted octanol–water partition coefficient (Wildman–Crippen LogP) is 4.06. The molecule has 0 aromatic heterocycles. The van der Waals surface area contributed by atoms with Crippen molar-refractivity contribution in [2.45, 2.75) is 65.8 Å². The Balaban J connectivity index is 2.35. The van der Waals surface area contributed by atoms with Crippen LogP contribution >= 0.6 is 0 Å². The molecular formula is C17H27N. The molecule has 18 heavy (non-hydrogen) atoms. The van der Waals surface area contributed by atoms with Crippen LogP contribution in [0.4, 0.5) is 0 Å². The lowest BCUT2D eigenvalue weighted by atomic mass is 9.71. The lowest BCUT2D eigenvalue weighted by Gasteiger charge is -2.39. The van der Waals surface area contributed by atoms with Gasteiger partial charge in [0.1, 0.15) is 0 Å². The number of hydrogen-bond acceptors (Lipinski definition) is 1. The molecule has 0 aliphatic heterocycles. The summed E-state index contributed by atoms with van der Waals surface area (Å²) < 4.78 is 0. The van der Waals surface area contributed by atoms with Crippen molar-refractivity contribution in [1.29, 1.82) is 0 Å². The maximum Gasteiger partial charge on any atom is 0.0247 e. The van der Waals surface area contributed by atoms with Crippen molar-refractivity contribution in [1.82, 2.24) is 0 Å². The van der Waals surface area contributed by atoms with Gasteiger partial charge in [0, 0.05) is 5.54 Å². The average Bonchev–Trinajstić information content (AvgIpc) is 2.48. The van der Waals surface area contributed by atoms with E-state index in [9.17, 15) is 0 Å². The molecule has 0 bridgehead atoms. The lowest BCUT2D eigenvalue weighted by Crippen LogP contribution is -2.50. The third kappa shape index (κ3) is 2.21. The van der Waals surface area contributed by atoms with E-state index < -0.39 is 0 Å². The fourth-order valence-corrected chi connectivity index (χ4v) is 3.56. The van der Waals surface area contributed by atoms with Crippen molar-refractivity contribution in [2.24, 2.45) is 11.1 Å². The van der Waals surface area contributed by atoms with Crippen LogP contribution in [0.1, 0.15) is 55.4 Å². The van der Waals surface area contributed by atoms with E-state index in [-0.39, 0.29) is 11.0 Å². The first kappa shape index (κ1) is 13.6. The van der Waals surface area contributed by atoms with E-state index in [4.69, 9.17) is 5.73 Å². The molecule has 1 atom stereocenters. The number of nitrogens with two attached hydrogens (primary N) is 1. The molecule has 0 heterocycles. The zero-order valence-corrected chi connectivity index (χ0v) is 12.6. The first-order valence-corrected chi connectivity index (χ1v) is 7.11. The van der Waals surface area contributed by atoms with Gasteiger partial charge in [-0.25, -0.2) is 0 Å². The van der Waals surface area contributed by atoms with E-state index in [1.54, 1.807) is 0 Å². The molecule has 1 nitrogen and oxygen atoms in total.